The number of hydrogen-bond acceptors (Lipinski definition) is 5. The summed E-state index contributed by atoms with van der Waals surface area (Å²) in [7, 11) is 0. The van der Waals surface area contributed by atoms with Crippen molar-refractivity contribution >= 4 is 48.8 Å². The number of anilines is 3. The molecule has 0 bridgehead atoms. The van der Waals surface area contributed by atoms with Gasteiger partial charge in [-0.1, -0.05) is 153 Å². The summed E-state index contributed by atoms with van der Waals surface area (Å²) >= 11 is 1.80. The molecule has 0 fully saturated rings. The maximum absolute atomic E-state index is 5.45. The van der Waals surface area contributed by atoms with Crippen molar-refractivity contribution in [3.8, 4) is 45.0 Å². The fourth-order valence-corrected chi connectivity index (χ4v) is 9.13. The smallest absolute Gasteiger partial charge is 0.238 e. The number of nitrogens with zero attached hydrogens (tertiary/aromatic N) is 4. The average molecular weight is 699 g/mol. The van der Waals surface area contributed by atoms with E-state index in [0.717, 1.165) is 39.0 Å². The summed E-state index contributed by atoms with van der Waals surface area (Å²) in [4.78, 5) is 18.3. The van der Waals surface area contributed by atoms with Gasteiger partial charge in [0.1, 0.15) is 0 Å². The van der Waals surface area contributed by atoms with E-state index in [4.69, 9.17) is 15.0 Å². The van der Waals surface area contributed by atoms with E-state index in [9.17, 15) is 0 Å². The summed E-state index contributed by atoms with van der Waals surface area (Å²) in [5.41, 5.74) is 11.1. The van der Waals surface area contributed by atoms with Crippen LogP contribution in [-0.4, -0.2) is 15.0 Å². The summed E-state index contributed by atoms with van der Waals surface area (Å²) < 4.78 is 2.45. The molecule has 1 aliphatic carbocycles. The molecule has 9 aromatic rings. The highest BCUT2D eigenvalue weighted by Crippen LogP contribution is 2.54. The number of fused-ring (bicyclic) bond motifs is 6. The van der Waals surface area contributed by atoms with Crippen LogP contribution in [0.15, 0.2) is 170 Å². The van der Waals surface area contributed by atoms with Crippen LogP contribution in [0.2, 0.25) is 0 Å². The molecule has 10 rings (SSSR count). The summed E-state index contributed by atoms with van der Waals surface area (Å²) in [6, 6.07) is 60.0. The van der Waals surface area contributed by atoms with Gasteiger partial charge in [0.2, 0.25) is 5.95 Å². The molecule has 0 amide bonds. The number of aromatic nitrogens is 3. The number of rotatable bonds is 6. The van der Waals surface area contributed by atoms with Crippen molar-refractivity contribution in [2.24, 2.45) is 0 Å². The Morgan fingerprint density at radius 1 is 0.491 bits per heavy atom. The molecule has 0 saturated heterocycles. The molecular weight excluding hydrogens is 665 g/mol. The van der Waals surface area contributed by atoms with Gasteiger partial charge in [-0.2, -0.15) is 9.97 Å². The third-order valence-electron chi connectivity index (χ3n) is 10.5. The molecule has 7 aromatic carbocycles. The Bertz CT molecular complexity index is 2820. The van der Waals surface area contributed by atoms with Crippen LogP contribution in [0.4, 0.5) is 17.3 Å². The first-order valence-electron chi connectivity index (χ1n) is 18.0. The van der Waals surface area contributed by atoms with Gasteiger partial charge in [-0.05, 0) is 58.1 Å². The largest absolute Gasteiger partial charge is 0.278 e. The highest BCUT2D eigenvalue weighted by molar-refractivity contribution is 7.25. The van der Waals surface area contributed by atoms with Crippen LogP contribution in [0.3, 0.4) is 0 Å². The van der Waals surface area contributed by atoms with E-state index in [1.54, 1.807) is 11.3 Å². The molecule has 0 aliphatic heterocycles. The molecule has 5 heteroatoms. The molecule has 2 aromatic heterocycles. The standard InChI is InChI=1S/C48H34N4S/c1-48(2)38-25-11-9-22-35(38)44-39(48)26-15-27-40(44)52(34-21-13-20-33(30-34)31-16-5-3-6-17-31)47-50-45(32-18-7-4-8-19-32)49-46(51-47)37-24-14-29-42-43(37)36-23-10-12-28-41(36)53-42/h3-30H,1-2H3. The van der Waals surface area contributed by atoms with Crippen LogP contribution in [-0.2, 0) is 5.41 Å². The average Bonchev–Trinajstić information content (AvgIpc) is 3.71. The Kier molecular flexibility index (Phi) is 7.31. The minimum absolute atomic E-state index is 0.172. The molecule has 0 N–H and O–H groups in total. The lowest BCUT2D eigenvalue weighted by Crippen LogP contribution is -2.18. The first-order chi connectivity index (χ1) is 26.0. The Morgan fingerprint density at radius 2 is 1.11 bits per heavy atom. The Hall–Kier alpha value is -6.43. The lowest BCUT2D eigenvalue weighted by atomic mass is 9.82. The van der Waals surface area contributed by atoms with Gasteiger partial charge in [-0.25, -0.2) is 4.98 Å². The van der Waals surface area contributed by atoms with Crippen molar-refractivity contribution in [2.45, 2.75) is 19.3 Å². The van der Waals surface area contributed by atoms with Crippen molar-refractivity contribution in [2.75, 3.05) is 4.90 Å². The second kappa shape index (κ2) is 12.4. The van der Waals surface area contributed by atoms with Crippen LogP contribution < -0.4 is 4.90 Å². The lowest BCUT2D eigenvalue weighted by Gasteiger charge is -2.28. The van der Waals surface area contributed by atoms with Gasteiger partial charge < -0.3 is 0 Å². The zero-order valence-corrected chi connectivity index (χ0v) is 30.2. The summed E-state index contributed by atoms with van der Waals surface area (Å²) in [5, 5.41) is 2.37. The van der Waals surface area contributed by atoms with Crippen molar-refractivity contribution < 1.29 is 0 Å². The SMILES string of the molecule is CC1(C)c2ccccc2-c2c(N(c3cccc(-c4ccccc4)c3)c3nc(-c4ccccc4)nc(-c4cccc5sc6ccccc6c45)n3)cccc21. The predicted octanol–water partition coefficient (Wildman–Crippen LogP) is 13.0. The van der Waals surface area contributed by atoms with Crippen molar-refractivity contribution in [1.82, 2.24) is 15.0 Å². The fourth-order valence-electron chi connectivity index (χ4n) is 8.00. The van der Waals surface area contributed by atoms with Gasteiger partial charge in [0.05, 0.1) is 5.69 Å². The van der Waals surface area contributed by atoms with E-state index >= 15 is 0 Å². The summed E-state index contributed by atoms with van der Waals surface area (Å²) in [6.07, 6.45) is 0. The predicted molar refractivity (Wildman–Crippen MR) is 221 cm³/mol. The molecule has 1 aliphatic rings. The molecule has 0 atom stereocenters. The maximum atomic E-state index is 5.45. The van der Waals surface area contributed by atoms with E-state index in [1.807, 2.05) is 18.2 Å². The summed E-state index contributed by atoms with van der Waals surface area (Å²) in [5.74, 6) is 1.83. The van der Waals surface area contributed by atoms with Crippen LogP contribution >= 0.6 is 11.3 Å². The number of benzene rings is 7. The van der Waals surface area contributed by atoms with E-state index < -0.39 is 0 Å². The van der Waals surface area contributed by atoms with Gasteiger partial charge in [-0.15, -0.1) is 11.3 Å². The summed E-state index contributed by atoms with van der Waals surface area (Å²) in [6.45, 7) is 4.64. The Labute approximate surface area is 312 Å². The Morgan fingerprint density at radius 3 is 1.96 bits per heavy atom. The third-order valence-corrected chi connectivity index (χ3v) is 11.7. The lowest BCUT2D eigenvalue weighted by molar-refractivity contribution is 0.660. The molecule has 53 heavy (non-hydrogen) atoms. The zero-order chi connectivity index (χ0) is 35.5. The highest BCUT2D eigenvalue weighted by Gasteiger charge is 2.38. The molecule has 0 radical (unpaired) electrons. The van der Waals surface area contributed by atoms with Crippen LogP contribution in [0.1, 0.15) is 25.0 Å². The number of hydrogen-bond donors (Lipinski definition) is 0. The first kappa shape index (κ1) is 31.3. The molecule has 0 unspecified atom stereocenters. The number of thiophene rings is 1. The molecule has 0 saturated carbocycles. The normalized spacial score (nSPS) is 12.9. The second-order valence-electron chi connectivity index (χ2n) is 14.0. The second-order valence-corrected chi connectivity index (χ2v) is 15.1. The third kappa shape index (κ3) is 5.15. The van der Waals surface area contributed by atoms with Gasteiger partial charge in [0.25, 0.3) is 0 Å². The molecule has 4 nitrogen and oxygen atoms in total. The van der Waals surface area contributed by atoms with Gasteiger partial charge in [-0.3, -0.25) is 4.90 Å². The van der Waals surface area contributed by atoms with Gasteiger partial charge >= 0.3 is 0 Å². The van der Waals surface area contributed by atoms with Gasteiger partial charge in [0.15, 0.2) is 11.6 Å². The maximum Gasteiger partial charge on any atom is 0.238 e. The van der Waals surface area contributed by atoms with Crippen LogP contribution in [0, 0.1) is 0 Å². The molecule has 2 heterocycles. The van der Waals surface area contributed by atoms with Crippen molar-refractivity contribution in [1.29, 1.82) is 0 Å². The minimum atomic E-state index is -0.172. The van der Waals surface area contributed by atoms with E-state index in [2.05, 4.69) is 170 Å². The van der Waals surface area contributed by atoms with Crippen molar-refractivity contribution in [3.63, 3.8) is 0 Å². The van der Waals surface area contributed by atoms with E-state index in [-0.39, 0.29) is 5.41 Å². The van der Waals surface area contributed by atoms with Gasteiger partial charge in [0, 0.05) is 48.0 Å². The molecular formula is C48H34N4S. The molecule has 0 spiro atoms. The van der Waals surface area contributed by atoms with E-state index in [1.165, 1.54) is 37.0 Å². The Balaban J connectivity index is 1.28. The minimum Gasteiger partial charge on any atom is -0.278 e. The zero-order valence-electron chi connectivity index (χ0n) is 29.4. The molecule has 252 valence electrons. The van der Waals surface area contributed by atoms with Crippen LogP contribution in [0.25, 0.3) is 65.2 Å². The first-order valence-corrected chi connectivity index (χ1v) is 18.8. The highest BCUT2D eigenvalue weighted by atomic mass is 32.1. The van der Waals surface area contributed by atoms with Crippen molar-refractivity contribution in [3.05, 3.63) is 181 Å². The quantitative estimate of drug-likeness (QED) is 0.173. The topological polar surface area (TPSA) is 41.9 Å². The van der Waals surface area contributed by atoms with Crippen LogP contribution in [0.5, 0.6) is 0 Å². The van der Waals surface area contributed by atoms with E-state index in [0.29, 0.717) is 17.6 Å². The monoisotopic (exact) mass is 698 g/mol. The fraction of sp³-hybridized carbons (Fsp3) is 0.0625.